The fourth-order valence-corrected chi connectivity index (χ4v) is 1.36. The first kappa shape index (κ1) is 11.8. The fraction of sp³-hybridized carbons (Fsp3) is 0.143. The Labute approximate surface area is 84.6 Å². The maximum atomic E-state index is 10.5. The third-order valence-corrected chi connectivity index (χ3v) is 2.14. The van der Waals surface area contributed by atoms with Crippen molar-refractivity contribution in [1.29, 1.82) is 0 Å². The molecular weight excluding hydrogens is 234 g/mol. The van der Waals surface area contributed by atoms with Crippen molar-refractivity contribution in [3.63, 3.8) is 0 Å². The summed E-state index contributed by atoms with van der Waals surface area (Å²) >= 11 is 0. The van der Waals surface area contributed by atoms with Crippen LogP contribution in [-0.4, -0.2) is 32.8 Å². The monoisotopic (exact) mass is 241 g/mol. The summed E-state index contributed by atoms with van der Waals surface area (Å²) in [5, 5.41) is 0. The summed E-state index contributed by atoms with van der Waals surface area (Å²) in [7, 11) is -4.03. The second-order valence-corrected chi connectivity index (χ2v) is 3.71. The molecule has 1 rings (SSSR count). The first-order valence-corrected chi connectivity index (χ1v) is 4.48. The van der Waals surface area contributed by atoms with Gasteiger partial charge in [-0.25, -0.2) is 0 Å². The molecule has 0 spiro atoms. The van der Waals surface area contributed by atoms with E-state index >= 15 is 0 Å². The van der Waals surface area contributed by atoms with Crippen LogP contribution in [-0.2, 0) is 10.1 Å². The quantitative estimate of drug-likeness (QED) is 0.586. The summed E-state index contributed by atoms with van der Waals surface area (Å²) in [5.74, 6) is 0. The van der Waals surface area contributed by atoms with E-state index in [1.54, 1.807) is 19.1 Å². The first-order chi connectivity index (χ1) is 5.00. The molecule has 0 heterocycles. The van der Waals surface area contributed by atoms with Crippen LogP contribution in [0.5, 0.6) is 0 Å². The van der Waals surface area contributed by atoms with Gasteiger partial charge in [-0.2, -0.15) is 8.42 Å². The molecule has 5 heteroatoms. The van der Waals surface area contributed by atoms with Crippen LogP contribution in [0.2, 0.25) is 0 Å². The van der Waals surface area contributed by atoms with Crippen LogP contribution in [0.25, 0.3) is 0 Å². The normalized spacial score (nSPS) is 10.5. The third kappa shape index (κ3) is 3.02. The van der Waals surface area contributed by atoms with Crippen molar-refractivity contribution in [3.05, 3.63) is 29.8 Å². The second-order valence-electron chi connectivity index (χ2n) is 2.29. The van der Waals surface area contributed by atoms with Gasteiger partial charge >= 0.3 is 0 Å². The summed E-state index contributed by atoms with van der Waals surface area (Å²) < 4.78 is 29.7. The third-order valence-electron chi connectivity index (χ3n) is 1.29. The Morgan fingerprint density at radius 3 is 2.25 bits per heavy atom. The minimum Gasteiger partial charge on any atom is -0.282 e. The van der Waals surface area contributed by atoms with E-state index in [1.165, 1.54) is 12.1 Å². The molecule has 0 saturated heterocycles. The SMILES string of the molecule is Cc1cccc(S(=O)(=O)O)c1.[Ga]. The van der Waals surface area contributed by atoms with Gasteiger partial charge in [0.25, 0.3) is 10.1 Å². The van der Waals surface area contributed by atoms with Gasteiger partial charge in [-0.15, -0.1) is 0 Å². The van der Waals surface area contributed by atoms with E-state index in [4.69, 9.17) is 4.55 Å². The van der Waals surface area contributed by atoms with Crippen LogP contribution >= 0.6 is 0 Å². The topological polar surface area (TPSA) is 54.4 Å². The summed E-state index contributed by atoms with van der Waals surface area (Å²) in [6.45, 7) is 1.76. The summed E-state index contributed by atoms with van der Waals surface area (Å²) in [6.07, 6.45) is 0. The predicted octanol–water partition coefficient (Wildman–Crippen LogP) is 0.861. The number of rotatable bonds is 1. The Balaban J connectivity index is 0.00000121. The molecule has 1 N–H and O–H groups in total. The molecule has 0 aliphatic rings. The van der Waals surface area contributed by atoms with Crippen molar-refractivity contribution < 1.29 is 13.0 Å². The minimum atomic E-state index is -4.03. The molecule has 3 radical (unpaired) electrons. The van der Waals surface area contributed by atoms with Gasteiger partial charge in [0.2, 0.25) is 0 Å². The standard InChI is InChI=1S/C7H8O3S.Ga/c1-6-3-2-4-7(5-6)11(8,9)10;/h2-5H,1H3,(H,8,9,10);. The molecule has 0 bridgehead atoms. The molecule has 0 aliphatic carbocycles. The zero-order valence-electron chi connectivity index (χ0n) is 6.56. The molecule has 0 aliphatic heterocycles. The van der Waals surface area contributed by atoms with Gasteiger partial charge in [-0.05, 0) is 24.6 Å². The Morgan fingerprint density at radius 2 is 1.92 bits per heavy atom. The average molecular weight is 242 g/mol. The molecule has 0 amide bonds. The van der Waals surface area contributed by atoms with E-state index in [0.717, 1.165) is 5.56 Å². The van der Waals surface area contributed by atoms with E-state index in [1.807, 2.05) is 0 Å². The van der Waals surface area contributed by atoms with Crippen LogP contribution in [0.3, 0.4) is 0 Å². The first-order valence-electron chi connectivity index (χ1n) is 3.04. The largest absolute Gasteiger partial charge is 0.294 e. The Hall–Kier alpha value is -0.234. The second kappa shape index (κ2) is 4.13. The van der Waals surface area contributed by atoms with Crippen molar-refractivity contribution in [1.82, 2.24) is 0 Å². The Morgan fingerprint density at radius 1 is 1.33 bits per heavy atom. The van der Waals surface area contributed by atoms with Crippen molar-refractivity contribution in [3.8, 4) is 0 Å². The average Bonchev–Trinajstić information content (AvgIpc) is 1.86. The molecule has 63 valence electrons. The molecule has 0 atom stereocenters. The number of benzene rings is 1. The van der Waals surface area contributed by atoms with E-state index in [0.29, 0.717) is 0 Å². The maximum Gasteiger partial charge on any atom is 0.294 e. The molecule has 0 fully saturated rings. The molecule has 12 heavy (non-hydrogen) atoms. The van der Waals surface area contributed by atoms with Gasteiger partial charge in [0.05, 0.1) is 4.90 Å². The summed E-state index contributed by atoms with van der Waals surface area (Å²) in [6, 6.07) is 6.10. The minimum absolute atomic E-state index is 0. The van der Waals surface area contributed by atoms with Gasteiger partial charge in [0.1, 0.15) is 0 Å². The van der Waals surface area contributed by atoms with Crippen LogP contribution in [0.4, 0.5) is 0 Å². The van der Waals surface area contributed by atoms with Gasteiger partial charge in [-0.3, -0.25) is 4.55 Å². The zero-order valence-corrected chi connectivity index (χ0v) is 9.80. The van der Waals surface area contributed by atoms with Crippen LogP contribution in [0, 0.1) is 6.92 Å². The van der Waals surface area contributed by atoms with Gasteiger partial charge < -0.3 is 0 Å². The molecular formula is C7H8GaO3S. The van der Waals surface area contributed by atoms with E-state index in [2.05, 4.69) is 0 Å². The smallest absolute Gasteiger partial charge is 0.282 e. The van der Waals surface area contributed by atoms with Crippen molar-refractivity contribution in [2.75, 3.05) is 0 Å². The van der Waals surface area contributed by atoms with Crippen LogP contribution < -0.4 is 0 Å². The number of aryl methyl sites for hydroxylation is 1. The van der Waals surface area contributed by atoms with Crippen molar-refractivity contribution in [2.24, 2.45) is 0 Å². The fourth-order valence-electron chi connectivity index (χ4n) is 0.776. The summed E-state index contributed by atoms with van der Waals surface area (Å²) in [4.78, 5) is -0.0579. The van der Waals surface area contributed by atoms with Crippen molar-refractivity contribution in [2.45, 2.75) is 11.8 Å². The predicted molar refractivity (Wildman–Crippen MR) is 46.7 cm³/mol. The van der Waals surface area contributed by atoms with Gasteiger partial charge in [0, 0.05) is 19.8 Å². The molecule has 3 nitrogen and oxygen atoms in total. The molecule has 1 aromatic rings. The Bertz CT molecular complexity index is 359. The molecule has 0 unspecified atom stereocenters. The van der Waals surface area contributed by atoms with Gasteiger partial charge in [-0.1, -0.05) is 12.1 Å². The maximum absolute atomic E-state index is 10.5. The number of hydrogen-bond acceptors (Lipinski definition) is 2. The number of hydrogen-bond donors (Lipinski definition) is 1. The van der Waals surface area contributed by atoms with E-state index in [9.17, 15) is 8.42 Å². The Kier molecular flexibility index (Phi) is 4.05. The molecule has 1 aromatic carbocycles. The summed E-state index contributed by atoms with van der Waals surface area (Å²) in [5.41, 5.74) is 0.806. The zero-order chi connectivity index (χ0) is 8.48. The molecule has 0 aromatic heterocycles. The van der Waals surface area contributed by atoms with E-state index in [-0.39, 0.29) is 24.7 Å². The van der Waals surface area contributed by atoms with Crippen molar-refractivity contribution >= 4 is 29.9 Å². The molecule has 0 saturated carbocycles. The van der Waals surface area contributed by atoms with E-state index < -0.39 is 10.1 Å². The van der Waals surface area contributed by atoms with Gasteiger partial charge in [0.15, 0.2) is 0 Å². The van der Waals surface area contributed by atoms with Crippen LogP contribution in [0.1, 0.15) is 5.56 Å². The van der Waals surface area contributed by atoms with Crippen LogP contribution in [0.15, 0.2) is 29.2 Å².